The number of rotatable bonds is 7. The van der Waals surface area contributed by atoms with Crippen molar-refractivity contribution in [1.29, 1.82) is 0 Å². The molecule has 9 heteroatoms. The highest BCUT2D eigenvalue weighted by Crippen LogP contribution is 2.37. The van der Waals surface area contributed by atoms with E-state index in [1.807, 2.05) is 6.92 Å². The summed E-state index contributed by atoms with van der Waals surface area (Å²) in [5, 5.41) is 12.4. The van der Waals surface area contributed by atoms with Gasteiger partial charge in [0.05, 0.1) is 18.4 Å². The Kier molecular flexibility index (Phi) is 5.72. The van der Waals surface area contributed by atoms with Crippen LogP contribution in [0.5, 0.6) is 23.3 Å². The van der Waals surface area contributed by atoms with E-state index in [9.17, 15) is 8.78 Å². The van der Waals surface area contributed by atoms with Crippen LogP contribution >= 0.6 is 0 Å². The molecule has 0 spiro atoms. The summed E-state index contributed by atoms with van der Waals surface area (Å²) in [6.07, 6.45) is -0.234. The fourth-order valence-electron chi connectivity index (χ4n) is 2.44. The zero-order chi connectivity index (χ0) is 20.3. The predicted octanol–water partition coefficient (Wildman–Crippen LogP) is 4.23. The van der Waals surface area contributed by atoms with E-state index in [1.54, 1.807) is 32.9 Å². The molecule has 2 aromatic heterocycles. The first-order valence-corrected chi connectivity index (χ1v) is 8.75. The second kappa shape index (κ2) is 8.20. The summed E-state index contributed by atoms with van der Waals surface area (Å²) in [4.78, 5) is 0. The van der Waals surface area contributed by atoms with Crippen molar-refractivity contribution in [2.24, 2.45) is 0 Å². The van der Waals surface area contributed by atoms with Crippen molar-refractivity contribution >= 4 is 0 Å². The van der Waals surface area contributed by atoms with Gasteiger partial charge in [0.15, 0.2) is 23.2 Å². The van der Waals surface area contributed by atoms with Crippen molar-refractivity contribution in [2.75, 3.05) is 6.61 Å². The number of nitrogens with zero attached hydrogens (tertiary/aromatic N) is 4. The zero-order valence-corrected chi connectivity index (χ0v) is 15.9. The zero-order valence-electron chi connectivity index (χ0n) is 15.9. The van der Waals surface area contributed by atoms with Gasteiger partial charge in [0.2, 0.25) is 11.6 Å². The van der Waals surface area contributed by atoms with Crippen LogP contribution in [0.4, 0.5) is 8.78 Å². The fraction of sp³-hybridized carbons (Fsp3) is 0.316. The van der Waals surface area contributed by atoms with Crippen LogP contribution in [0.1, 0.15) is 26.5 Å². The lowest BCUT2D eigenvalue weighted by Gasteiger charge is -2.11. The molecule has 0 bridgehead atoms. The Bertz CT molecular complexity index is 938. The quantitative estimate of drug-likeness (QED) is 0.601. The molecule has 28 heavy (non-hydrogen) atoms. The Balaban J connectivity index is 2.03. The third-order valence-corrected chi connectivity index (χ3v) is 3.64. The largest absolute Gasteiger partial charge is 0.477 e. The van der Waals surface area contributed by atoms with Gasteiger partial charge in [-0.2, -0.15) is 0 Å². The molecule has 0 unspecified atom stereocenters. The molecular formula is C19H20F2N4O3. The van der Waals surface area contributed by atoms with Gasteiger partial charge in [-0.05, 0) is 45.9 Å². The molecule has 0 N–H and O–H groups in total. The summed E-state index contributed by atoms with van der Waals surface area (Å²) >= 11 is 0. The van der Waals surface area contributed by atoms with E-state index >= 15 is 0 Å². The smallest absolute Gasteiger partial charge is 0.277 e. The summed E-state index contributed by atoms with van der Waals surface area (Å²) < 4.78 is 46.0. The minimum Gasteiger partial charge on any atom is -0.477 e. The maximum atomic E-state index is 14.0. The summed E-state index contributed by atoms with van der Waals surface area (Å²) in [7, 11) is 0. The molecule has 148 valence electrons. The Labute approximate surface area is 160 Å². The third-order valence-electron chi connectivity index (χ3n) is 3.64. The van der Waals surface area contributed by atoms with Crippen molar-refractivity contribution in [3.05, 3.63) is 47.7 Å². The molecule has 2 heterocycles. The monoisotopic (exact) mass is 390 g/mol. The summed E-state index contributed by atoms with van der Waals surface area (Å²) in [6.45, 7) is 7.59. The van der Waals surface area contributed by atoms with E-state index in [0.717, 1.165) is 12.1 Å². The minimum atomic E-state index is -0.830. The highest BCUT2D eigenvalue weighted by atomic mass is 19.1. The molecule has 3 aromatic rings. The average Bonchev–Trinajstić information content (AvgIpc) is 2.94. The molecule has 0 atom stereocenters. The van der Waals surface area contributed by atoms with Crippen LogP contribution in [0.25, 0.3) is 5.82 Å². The third kappa shape index (κ3) is 4.03. The summed E-state index contributed by atoms with van der Waals surface area (Å²) in [6, 6.07) is 6.78. The van der Waals surface area contributed by atoms with Crippen molar-refractivity contribution in [2.45, 2.75) is 33.8 Å². The predicted molar refractivity (Wildman–Crippen MR) is 97.3 cm³/mol. The van der Waals surface area contributed by atoms with Crippen molar-refractivity contribution in [3.8, 4) is 29.1 Å². The average molecular weight is 390 g/mol. The highest BCUT2D eigenvalue weighted by molar-refractivity contribution is 5.45. The minimum absolute atomic E-state index is 0.0887. The number of ether oxygens (including phenoxy) is 3. The maximum absolute atomic E-state index is 14.0. The van der Waals surface area contributed by atoms with Gasteiger partial charge in [-0.3, -0.25) is 0 Å². The Morgan fingerprint density at radius 3 is 2.32 bits per heavy atom. The first-order valence-electron chi connectivity index (χ1n) is 8.75. The van der Waals surface area contributed by atoms with Crippen LogP contribution < -0.4 is 14.2 Å². The van der Waals surface area contributed by atoms with E-state index in [2.05, 4.69) is 15.3 Å². The summed E-state index contributed by atoms with van der Waals surface area (Å²) in [5.41, 5.74) is 0.441. The Hall–Kier alpha value is -3.23. The number of hydrogen-bond donors (Lipinski definition) is 0. The molecule has 0 fully saturated rings. The first kappa shape index (κ1) is 19.5. The number of hydrogen-bond acceptors (Lipinski definition) is 6. The van der Waals surface area contributed by atoms with E-state index in [-0.39, 0.29) is 17.7 Å². The molecule has 7 nitrogen and oxygen atoms in total. The Morgan fingerprint density at radius 1 is 1.04 bits per heavy atom. The van der Waals surface area contributed by atoms with Crippen molar-refractivity contribution in [1.82, 2.24) is 20.0 Å². The van der Waals surface area contributed by atoms with Crippen LogP contribution in [0.15, 0.2) is 30.3 Å². The van der Waals surface area contributed by atoms with Crippen LogP contribution in [0.2, 0.25) is 0 Å². The second-order valence-corrected chi connectivity index (χ2v) is 6.11. The molecule has 0 saturated heterocycles. The molecule has 0 aliphatic heterocycles. The van der Waals surface area contributed by atoms with Crippen LogP contribution in [-0.2, 0) is 0 Å². The van der Waals surface area contributed by atoms with Gasteiger partial charge in [0.1, 0.15) is 0 Å². The Morgan fingerprint density at radius 2 is 1.75 bits per heavy atom. The maximum Gasteiger partial charge on any atom is 0.277 e. The standard InChI is InChI=1S/C19H20F2N4O3/c1-5-26-16-10-9-15(22-23-16)25-12(4)17(19(24-25)27-11(2)3)28-18-13(20)7-6-8-14(18)21/h6-11H,5H2,1-4H3. The van der Waals surface area contributed by atoms with Crippen LogP contribution in [0, 0.1) is 18.6 Å². The van der Waals surface area contributed by atoms with E-state index in [0.29, 0.717) is 24.0 Å². The lowest BCUT2D eigenvalue weighted by molar-refractivity contribution is 0.222. The van der Waals surface area contributed by atoms with E-state index in [1.165, 1.54) is 10.7 Å². The molecule has 0 amide bonds. The number of halogens is 2. The van der Waals surface area contributed by atoms with Gasteiger partial charge >= 0.3 is 0 Å². The SMILES string of the molecule is CCOc1ccc(-n2nc(OC(C)C)c(Oc3c(F)cccc3F)c2C)nn1. The molecule has 0 saturated carbocycles. The van der Waals surface area contributed by atoms with E-state index < -0.39 is 17.4 Å². The van der Waals surface area contributed by atoms with Crippen LogP contribution in [-0.4, -0.2) is 32.7 Å². The number of para-hydroxylation sites is 1. The van der Waals surface area contributed by atoms with Gasteiger partial charge in [0.25, 0.3) is 5.88 Å². The van der Waals surface area contributed by atoms with Gasteiger partial charge in [-0.15, -0.1) is 15.3 Å². The number of aromatic nitrogens is 4. The molecule has 3 rings (SSSR count). The first-order chi connectivity index (χ1) is 13.4. The van der Waals surface area contributed by atoms with E-state index in [4.69, 9.17) is 14.2 Å². The lowest BCUT2D eigenvalue weighted by Crippen LogP contribution is -2.08. The van der Waals surface area contributed by atoms with Crippen molar-refractivity contribution < 1.29 is 23.0 Å². The summed E-state index contributed by atoms with van der Waals surface area (Å²) in [5.74, 6) is -1.26. The number of benzene rings is 1. The normalized spacial score (nSPS) is 11.0. The van der Waals surface area contributed by atoms with Gasteiger partial charge in [-0.1, -0.05) is 6.07 Å². The lowest BCUT2D eigenvalue weighted by atomic mass is 10.3. The molecule has 0 aliphatic rings. The fourth-order valence-corrected chi connectivity index (χ4v) is 2.44. The van der Waals surface area contributed by atoms with Gasteiger partial charge < -0.3 is 14.2 Å². The molecule has 0 radical (unpaired) electrons. The highest BCUT2D eigenvalue weighted by Gasteiger charge is 2.24. The molecular weight excluding hydrogens is 370 g/mol. The van der Waals surface area contributed by atoms with Crippen LogP contribution in [0.3, 0.4) is 0 Å². The van der Waals surface area contributed by atoms with Gasteiger partial charge in [-0.25, -0.2) is 13.5 Å². The van der Waals surface area contributed by atoms with Crippen molar-refractivity contribution in [3.63, 3.8) is 0 Å². The molecule has 0 aliphatic carbocycles. The second-order valence-electron chi connectivity index (χ2n) is 6.11. The molecule has 1 aromatic carbocycles. The van der Waals surface area contributed by atoms with Gasteiger partial charge in [0, 0.05) is 6.07 Å². The topological polar surface area (TPSA) is 71.3 Å².